The van der Waals surface area contributed by atoms with Crippen LogP contribution in [0.15, 0.2) is 18.2 Å². The first-order valence-electron chi connectivity index (χ1n) is 5.98. The van der Waals surface area contributed by atoms with E-state index in [0.717, 1.165) is 12.1 Å². The first-order chi connectivity index (χ1) is 8.98. The van der Waals surface area contributed by atoms with Crippen molar-refractivity contribution in [3.8, 4) is 5.75 Å². The Kier molecular flexibility index (Phi) is 4.36. The molecule has 0 amide bonds. The first-order valence-corrected chi connectivity index (χ1v) is 7.81. The van der Waals surface area contributed by atoms with E-state index in [1.54, 1.807) is 0 Å². The lowest BCUT2D eigenvalue weighted by Gasteiger charge is -2.12. The van der Waals surface area contributed by atoms with Crippen LogP contribution in [0, 0.1) is 11.6 Å². The van der Waals surface area contributed by atoms with E-state index >= 15 is 0 Å². The molecule has 0 radical (unpaired) electrons. The Bertz CT molecular complexity index is 528. The molecule has 19 heavy (non-hydrogen) atoms. The summed E-state index contributed by atoms with van der Waals surface area (Å²) in [4.78, 5) is 0. The molecule has 2 rings (SSSR count). The molecule has 1 unspecified atom stereocenters. The number of para-hydroxylation sites is 1. The maximum atomic E-state index is 13.2. The van der Waals surface area contributed by atoms with Gasteiger partial charge in [-0.15, -0.1) is 0 Å². The average molecular weight is 291 g/mol. The van der Waals surface area contributed by atoms with E-state index in [2.05, 4.69) is 5.32 Å². The van der Waals surface area contributed by atoms with E-state index in [-0.39, 0.29) is 24.2 Å². The number of rotatable bonds is 5. The third kappa shape index (κ3) is 3.87. The van der Waals surface area contributed by atoms with E-state index in [9.17, 15) is 17.2 Å². The standard InChI is InChI=1S/C12H15F2NO3S/c13-10-2-1-3-11(14)12(10)18-6-5-15-9-4-7-19(16,17)8-9/h1-3,9,15H,4-8H2. The van der Waals surface area contributed by atoms with Crippen LogP contribution < -0.4 is 10.1 Å². The summed E-state index contributed by atoms with van der Waals surface area (Å²) in [7, 11) is -2.92. The Balaban J connectivity index is 1.76. The fourth-order valence-electron chi connectivity index (χ4n) is 1.99. The van der Waals surface area contributed by atoms with Crippen molar-refractivity contribution >= 4 is 9.84 Å². The van der Waals surface area contributed by atoms with Crippen LogP contribution >= 0.6 is 0 Å². The molecular weight excluding hydrogens is 276 g/mol. The van der Waals surface area contributed by atoms with Crippen molar-refractivity contribution in [3.05, 3.63) is 29.8 Å². The highest BCUT2D eigenvalue weighted by molar-refractivity contribution is 7.91. The van der Waals surface area contributed by atoms with Gasteiger partial charge in [-0.05, 0) is 18.6 Å². The molecule has 1 atom stereocenters. The molecular formula is C12H15F2NO3S. The van der Waals surface area contributed by atoms with Crippen molar-refractivity contribution in [1.29, 1.82) is 0 Å². The van der Waals surface area contributed by atoms with E-state index in [1.807, 2.05) is 0 Å². The number of halogens is 2. The Morgan fingerprint density at radius 2 is 2.00 bits per heavy atom. The smallest absolute Gasteiger partial charge is 0.190 e. The van der Waals surface area contributed by atoms with Gasteiger partial charge in [0.05, 0.1) is 11.5 Å². The molecule has 7 heteroatoms. The van der Waals surface area contributed by atoms with Crippen LogP contribution in [0.25, 0.3) is 0 Å². The fraction of sp³-hybridized carbons (Fsp3) is 0.500. The summed E-state index contributed by atoms with van der Waals surface area (Å²) >= 11 is 0. The number of hydrogen-bond donors (Lipinski definition) is 1. The second-order valence-electron chi connectivity index (χ2n) is 4.45. The predicted octanol–water partition coefficient (Wildman–Crippen LogP) is 1.12. The van der Waals surface area contributed by atoms with Gasteiger partial charge >= 0.3 is 0 Å². The number of benzene rings is 1. The lowest BCUT2D eigenvalue weighted by Crippen LogP contribution is -2.33. The van der Waals surface area contributed by atoms with Crippen molar-refractivity contribution in [2.75, 3.05) is 24.7 Å². The van der Waals surface area contributed by atoms with Gasteiger partial charge in [0.1, 0.15) is 6.61 Å². The summed E-state index contributed by atoms with van der Waals surface area (Å²) < 4.78 is 53.9. The second-order valence-corrected chi connectivity index (χ2v) is 6.68. The summed E-state index contributed by atoms with van der Waals surface area (Å²) in [6, 6.07) is 3.41. The molecule has 4 nitrogen and oxygen atoms in total. The molecule has 1 aliphatic heterocycles. The highest BCUT2D eigenvalue weighted by Gasteiger charge is 2.27. The molecule has 0 aromatic heterocycles. The Morgan fingerprint density at radius 1 is 1.32 bits per heavy atom. The van der Waals surface area contributed by atoms with Gasteiger partial charge in [-0.25, -0.2) is 17.2 Å². The molecule has 106 valence electrons. The topological polar surface area (TPSA) is 55.4 Å². The zero-order valence-corrected chi connectivity index (χ0v) is 11.1. The molecule has 1 aromatic carbocycles. The van der Waals surface area contributed by atoms with Crippen LogP contribution in [-0.2, 0) is 9.84 Å². The minimum atomic E-state index is -2.92. The number of hydrogen-bond acceptors (Lipinski definition) is 4. The zero-order chi connectivity index (χ0) is 13.9. The van der Waals surface area contributed by atoms with Gasteiger partial charge in [-0.2, -0.15) is 0 Å². The Hall–Kier alpha value is -1.21. The molecule has 1 heterocycles. The quantitative estimate of drug-likeness (QED) is 0.826. The van der Waals surface area contributed by atoms with Gasteiger partial charge in [0.15, 0.2) is 27.2 Å². The Morgan fingerprint density at radius 3 is 2.58 bits per heavy atom. The third-order valence-corrected chi connectivity index (χ3v) is 4.70. The molecule has 1 fully saturated rings. The number of ether oxygens (including phenoxy) is 1. The molecule has 1 aromatic rings. The van der Waals surface area contributed by atoms with Crippen molar-refractivity contribution in [2.45, 2.75) is 12.5 Å². The van der Waals surface area contributed by atoms with Gasteiger partial charge in [0.25, 0.3) is 0 Å². The SMILES string of the molecule is O=S1(=O)CCC(NCCOc2c(F)cccc2F)C1. The summed E-state index contributed by atoms with van der Waals surface area (Å²) in [6.07, 6.45) is 0.566. The third-order valence-electron chi connectivity index (χ3n) is 2.93. The maximum absolute atomic E-state index is 13.2. The molecule has 1 saturated heterocycles. The van der Waals surface area contributed by atoms with E-state index < -0.39 is 27.2 Å². The lowest BCUT2D eigenvalue weighted by molar-refractivity contribution is 0.278. The summed E-state index contributed by atoms with van der Waals surface area (Å²) in [5, 5.41) is 3.00. The molecule has 0 aliphatic carbocycles. The highest BCUT2D eigenvalue weighted by atomic mass is 32.2. The van der Waals surface area contributed by atoms with E-state index in [1.165, 1.54) is 6.07 Å². The fourth-order valence-corrected chi connectivity index (χ4v) is 3.70. The van der Waals surface area contributed by atoms with Crippen LogP contribution in [0.5, 0.6) is 5.75 Å². The summed E-state index contributed by atoms with van der Waals surface area (Å²) in [5.41, 5.74) is 0. The predicted molar refractivity (Wildman–Crippen MR) is 66.9 cm³/mol. The highest BCUT2D eigenvalue weighted by Crippen LogP contribution is 2.20. The monoisotopic (exact) mass is 291 g/mol. The van der Waals surface area contributed by atoms with Crippen LogP contribution in [-0.4, -0.2) is 39.1 Å². The van der Waals surface area contributed by atoms with Crippen molar-refractivity contribution in [1.82, 2.24) is 5.32 Å². The zero-order valence-electron chi connectivity index (χ0n) is 10.2. The average Bonchev–Trinajstić information content (AvgIpc) is 2.67. The lowest BCUT2D eigenvalue weighted by atomic mass is 10.3. The van der Waals surface area contributed by atoms with Gasteiger partial charge in [0, 0.05) is 12.6 Å². The van der Waals surface area contributed by atoms with Gasteiger partial charge < -0.3 is 10.1 Å². The molecule has 0 bridgehead atoms. The van der Waals surface area contributed by atoms with Gasteiger partial charge in [-0.3, -0.25) is 0 Å². The van der Waals surface area contributed by atoms with Crippen LogP contribution in [0.3, 0.4) is 0 Å². The van der Waals surface area contributed by atoms with Crippen molar-refractivity contribution < 1.29 is 21.9 Å². The molecule has 1 N–H and O–H groups in total. The van der Waals surface area contributed by atoms with Crippen LogP contribution in [0.2, 0.25) is 0 Å². The largest absolute Gasteiger partial charge is 0.486 e. The van der Waals surface area contributed by atoms with Gasteiger partial charge in [0.2, 0.25) is 0 Å². The van der Waals surface area contributed by atoms with E-state index in [4.69, 9.17) is 4.74 Å². The summed E-state index contributed by atoms with van der Waals surface area (Å²) in [5.74, 6) is -1.59. The van der Waals surface area contributed by atoms with Crippen LogP contribution in [0.4, 0.5) is 8.78 Å². The first kappa shape index (κ1) is 14.2. The van der Waals surface area contributed by atoms with Crippen molar-refractivity contribution in [3.63, 3.8) is 0 Å². The maximum Gasteiger partial charge on any atom is 0.190 e. The minimum absolute atomic E-state index is 0.0778. The van der Waals surface area contributed by atoms with Crippen LogP contribution in [0.1, 0.15) is 6.42 Å². The number of nitrogens with one attached hydrogen (secondary N) is 1. The van der Waals surface area contributed by atoms with Gasteiger partial charge in [-0.1, -0.05) is 6.07 Å². The number of sulfone groups is 1. The van der Waals surface area contributed by atoms with Crippen molar-refractivity contribution in [2.24, 2.45) is 0 Å². The molecule has 1 aliphatic rings. The normalized spacial score (nSPS) is 21.5. The Labute approximate surface area is 110 Å². The van der Waals surface area contributed by atoms with E-state index in [0.29, 0.717) is 13.0 Å². The minimum Gasteiger partial charge on any atom is -0.486 e. The molecule has 0 saturated carbocycles. The molecule has 0 spiro atoms. The second kappa shape index (κ2) is 5.83. The summed E-state index contributed by atoms with van der Waals surface area (Å²) in [6.45, 7) is 0.419.